The molecule has 0 aliphatic rings. The van der Waals surface area contributed by atoms with E-state index in [4.69, 9.17) is 4.74 Å². The first-order valence-electron chi connectivity index (χ1n) is 10.0. The highest BCUT2D eigenvalue weighted by Crippen LogP contribution is 2.24. The second-order valence-electron chi connectivity index (χ2n) is 7.20. The van der Waals surface area contributed by atoms with E-state index < -0.39 is 10.0 Å². The van der Waals surface area contributed by atoms with E-state index in [0.717, 1.165) is 17.5 Å². The Balaban J connectivity index is 1.92. The van der Waals surface area contributed by atoms with Crippen LogP contribution in [0, 0.1) is 6.92 Å². The van der Waals surface area contributed by atoms with E-state index in [1.165, 1.54) is 23.2 Å². The van der Waals surface area contributed by atoms with Gasteiger partial charge in [-0.15, -0.1) is 0 Å². The Morgan fingerprint density at radius 1 is 1.16 bits per heavy atom. The first kappa shape index (κ1) is 23.1. The number of ether oxygens (including phenoxy) is 1. The third kappa shape index (κ3) is 5.79. The standard InChI is InChI=1S/C22H25N5O4S/c1-4-12-27(3)22(28)19-14-24-20(21(25-19)31-15-17-6-5-11-23-13-17)26-32(29,30)18-9-7-16(2)8-10-18/h5-11,13-14H,4,12,15H2,1-3H3,(H,24,26). The highest BCUT2D eigenvalue weighted by molar-refractivity contribution is 7.92. The molecule has 2 aromatic heterocycles. The molecule has 0 unspecified atom stereocenters. The first-order valence-corrected chi connectivity index (χ1v) is 11.5. The smallest absolute Gasteiger partial charge is 0.273 e. The topological polar surface area (TPSA) is 114 Å². The summed E-state index contributed by atoms with van der Waals surface area (Å²) in [6.45, 7) is 4.45. The number of aromatic nitrogens is 3. The average molecular weight is 456 g/mol. The Kier molecular flexibility index (Phi) is 7.37. The highest BCUT2D eigenvalue weighted by atomic mass is 32.2. The molecule has 0 spiro atoms. The van der Waals surface area contributed by atoms with Crippen LogP contribution >= 0.6 is 0 Å². The fourth-order valence-electron chi connectivity index (χ4n) is 2.82. The van der Waals surface area contributed by atoms with Gasteiger partial charge in [-0.1, -0.05) is 30.7 Å². The van der Waals surface area contributed by atoms with Crippen LogP contribution in [0.5, 0.6) is 5.88 Å². The number of carbonyl (C=O) groups is 1. The number of carbonyl (C=O) groups excluding carboxylic acids is 1. The first-order chi connectivity index (χ1) is 15.3. The second-order valence-corrected chi connectivity index (χ2v) is 8.89. The summed E-state index contributed by atoms with van der Waals surface area (Å²) in [6, 6.07) is 9.96. The van der Waals surface area contributed by atoms with Crippen LogP contribution in [0.1, 0.15) is 35.0 Å². The largest absolute Gasteiger partial charge is 0.470 e. The number of amides is 1. The van der Waals surface area contributed by atoms with Crippen LogP contribution in [-0.4, -0.2) is 47.8 Å². The van der Waals surface area contributed by atoms with Crippen LogP contribution in [0.2, 0.25) is 0 Å². The van der Waals surface area contributed by atoms with Gasteiger partial charge in [0.1, 0.15) is 6.61 Å². The summed E-state index contributed by atoms with van der Waals surface area (Å²) in [5.74, 6) is -0.539. The lowest BCUT2D eigenvalue weighted by Crippen LogP contribution is -2.28. The molecule has 2 heterocycles. The number of pyridine rings is 1. The minimum Gasteiger partial charge on any atom is -0.470 e. The quantitative estimate of drug-likeness (QED) is 0.527. The Morgan fingerprint density at radius 3 is 2.56 bits per heavy atom. The van der Waals surface area contributed by atoms with Gasteiger partial charge in [-0.3, -0.25) is 14.5 Å². The summed E-state index contributed by atoms with van der Waals surface area (Å²) in [5.41, 5.74) is 1.74. The summed E-state index contributed by atoms with van der Waals surface area (Å²) < 4.78 is 33.8. The second kappa shape index (κ2) is 10.2. The molecule has 0 radical (unpaired) electrons. The van der Waals surface area contributed by atoms with E-state index in [0.29, 0.717) is 6.54 Å². The molecule has 3 rings (SSSR count). The molecular weight excluding hydrogens is 430 g/mol. The molecule has 0 aliphatic carbocycles. The zero-order valence-corrected chi connectivity index (χ0v) is 19.0. The molecule has 168 valence electrons. The van der Waals surface area contributed by atoms with Crippen molar-refractivity contribution < 1.29 is 17.9 Å². The van der Waals surface area contributed by atoms with Gasteiger partial charge in [0.2, 0.25) is 5.82 Å². The van der Waals surface area contributed by atoms with E-state index >= 15 is 0 Å². The third-order valence-corrected chi connectivity index (χ3v) is 5.88. The maximum absolute atomic E-state index is 12.8. The van der Waals surface area contributed by atoms with Crippen molar-refractivity contribution in [1.82, 2.24) is 19.9 Å². The van der Waals surface area contributed by atoms with Gasteiger partial charge < -0.3 is 9.64 Å². The van der Waals surface area contributed by atoms with Gasteiger partial charge in [0.15, 0.2) is 5.69 Å². The van der Waals surface area contributed by atoms with Crippen molar-refractivity contribution in [1.29, 1.82) is 0 Å². The van der Waals surface area contributed by atoms with Gasteiger partial charge in [0.05, 0.1) is 11.1 Å². The summed E-state index contributed by atoms with van der Waals surface area (Å²) in [7, 11) is -2.27. The average Bonchev–Trinajstić information content (AvgIpc) is 2.79. The van der Waals surface area contributed by atoms with E-state index in [1.807, 2.05) is 13.8 Å². The molecule has 0 bridgehead atoms. The van der Waals surface area contributed by atoms with E-state index in [1.54, 1.807) is 43.7 Å². The number of benzene rings is 1. The minimum atomic E-state index is -3.93. The van der Waals surface area contributed by atoms with Crippen molar-refractivity contribution >= 4 is 21.7 Å². The predicted octanol–water partition coefficient (Wildman–Crippen LogP) is 3.04. The van der Waals surface area contributed by atoms with E-state index in [9.17, 15) is 13.2 Å². The van der Waals surface area contributed by atoms with Crippen molar-refractivity contribution in [3.05, 3.63) is 71.8 Å². The van der Waals surface area contributed by atoms with Crippen molar-refractivity contribution in [2.45, 2.75) is 31.8 Å². The minimum absolute atomic E-state index is 0.0559. The number of sulfonamides is 1. The van der Waals surface area contributed by atoms with Gasteiger partial charge in [0.25, 0.3) is 21.8 Å². The molecule has 32 heavy (non-hydrogen) atoms. The van der Waals surface area contributed by atoms with Crippen LogP contribution in [-0.2, 0) is 16.6 Å². The number of nitrogens with one attached hydrogen (secondary N) is 1. The number of anilines is 1. The summed E-state index contributed by atoms with van der Waals surface area (Å²) in [6.07, 6.45) is 5.27. The monoisotopic (exact) mass is 455 g/mol. The summed E-state index contributed by atoms with van der Waals surface area (Å²) in [4.78, 5) is 26.7. The number of hydrogen-bond acceptors (Lipinski definition) is 7. The highest BCUT2D eigenvalue weighted by Gasteiger charge is 2.22. The fraction of sp³-hybridized carbons (Fsp3) is 0.273. The normalized spacial score (nSPS) is 11.1. The molecule has 0 saturated carbocycles. The molecule has 3 aromatic rings. The van der Waals surface area contributed by atoms with Gasteiger partial charge >= 0.3 is 0 Å². The van der Waals surface area contributed by atoms with Crippen molar-refractivity contribution in [2.24, 2.45) is 0 Å². The molecule has 9 nitrogen and oxygen atoms in total. The zero-order chi connectivity index (χ0) is 23.1. The zero-order valence-electron chi connectivity index (χ0n) is 18.1. The lowest BCUT2D eigenvalue weighted by molar-refractivity contribution is 0.0787. The van der Waals surface area contributed by atoms with Crippen LogP contribution in [0.15, 0.2) is 59.9 Å². The SMILES string of the molecule is CCCN(C)C(=O)c1cnc(NS(=O)(=O)c2ccc(C)cc2)c(OCc2cccnc2)n1. The fourth-order valence-corrected chi connectivity index (χ4v) is 3.82. The Hall–Kier alpha value is -3.53. The van der Waals surface area contributed by atoms with Gasteiger partial charge in [0, 0.05) is 31.5 Å². The Bertz CT molecular complexity index is 1170. The van der Waals surface area contributed by atoms with Crippen LogP contribution < -0.4 is 9.46 Å². The van der Waals surface area contributed by atoms with Gasteiger partial charge in [-0.2, -0.15) is 0 Å². The van der Waals surface area contributed by atoms with Crippen molar-refractivity contribution in [2.75, 3.05) is 18.3 Å². The van der Waals surface area contributed by atoms with Crippen LogP contribution in [0.3, 0.4) is 0 Å². The number of rotatable bonds is 9. The molecule has 1 N–H and O–H groups in total. The molecule has 0 atom stereocenters. The van der Waals surface area contributed by atoms with Gasteiger partial charge in [-0.25, -0.2) is 18.4 Å². The molecule has 1 amide bonds. The van der Waals surface area contributed by atoms with E-state index in [-0.39, 0.29) is 34.8 Å². The summed E-state index contributed by atoms with van der Waals surface area (Å²) in [5, 5.41) is 0. The molecule has 1 aromatic carbocycles. The maximum atomic E-state index is 12.8. The third-order valence-electron chi connectivity index (χ3n) is 4.53. The lowest BCUT2D eigenvalue weighted by Gasteiger charge is -2.17. The van der Waals surface area contributed by atoms with Crippen molar-refractivity contribution in [3.8, 4) is 5.88 Å². The Labute approximate surface area is 187 Å². The Morgan fingerprint density at radius 2 is 1.91 bits per heavy atom. The molecule has 0 fully saturated rings. The van der Waals surface area contributed by atoms with Gasteiger partial charge in [-0.05, 0) is 31.5 Å². The van der Waals surface area contributed by atoms with Crippen LogP contribution in [0.25, 0.3) is 0 Å². The number of hydrogen-bond donors (Lipinski definition) is 1. The number of aryl methyl sites for hydroxylation is 1. The molecule has 0 aliphatic heterocycles. The molecule has 10 heteroatoms. The molecular formula is C22H25N5O4S. The maximum Gasteiger partial charge on any atom is 0.273 e. The lowest BCUT2D eigenvalue weighted by atomic mass is 10.2. The molecule has 0 saturated heterocycles. The van der Waals surface area contributed by atoms with E-state index in [2.05, 4.69) is 19.7 Å². The number of nitrogens with zero attached hydrogens (tertiary/aromatic N) is 4. The van der Waals surface area contributed by atoms with Crippen LogP contribution in [0.4, 0.5) is 5.82 Å². The summed E-state index contributed by atoms with van der Waals surface area (Å²) >= 11 is 0. The van der Waals surface area contributed by atoms with Crippen molar-refractivity contribution in [3.63, 3.8) is 0 Å². The predicted molar refractivity (Wildman–Crippen MR) is 120 cm³/mol.